The number of nitrogens with zero attached hydrogens (tertiary/aromatic N) is 2. The van der Waals surface area contributed by atoms with Crippen LogP contribution < -0.4 is 10.4 Å². The van der Waals surface area contributed by atoms with Crippen LogP contribution in [0.5, 0.6) is 0 Å². The smallest absolute Gasteiger partial charge is 0.0931 e. The first kappa shape index (κ1) is 21.0. The van der Waals surface area contributed by atoms with Gasteiger partial charge in [-0.2, -0.15) is 0 Å². The number of rotatable bonds is 7. The highest BCUT2D eigenvalue weighted by atomic mass is 28.3. The fraction of sp³-hybridized carbons (Fsp3) is 0.545. The lowest BCUT2D eigenvalue weighted by atomic mass is 10.2. The molecule has 26 heavy (non-hydrogen) atoms. The third-order valence-electron chi connectivity index (χ3n) is 4.94. The van der Waals surface area contributed by atoms with Crippen molar-refractivity contribution in [2.24, 2.45) is 0 Å². The van der Waals surface area contributed by atoms with Gasteiger partial charge in [0.25, 0.3) is 0 Å². The van der Waals surface area contributed by atoms with Gasteiger partial charge >= 0.3 is 0 Å². The summed E-state index contributed by atoms with van der Waals surface area (Å²) in [5.74, 6) is 0. The zero-order valence-corrected chi connectivity index (χ0v) is 19.7. The summed E-state index contributed by atoms with van der Waals surface area (Å²) in [7, 11) is -1.14. The molecule has 0 spiro atoms. The molecule has 0 saturated carbocycles. The van der Waals surface area contributed by atoms with E-state index in [1.807, 2.05) is 0 Å². The molecule has 0 saturated heterocycles. The average Bonchev–Trinajstić information content (AvgIpc) is 2.55. The van der Waals surface area contributed by atoms with Gasteiger partial charge in [0.05, 0.1) is 29.0 Å². The van der Waals surface area contributed by atoms with E-state index in [0.717, 1.165) is 33.6 Å². The van der Waals surface area contributed by atoms with Crippen molar-refractivity contribution in [3.63, 3.8) is 0 Å². The minimum atomic E-state index is -0.570. The Hall–Kier alpha value is -1.27. The molecule has 0 N–H and O–H groups in total. The molecule has 0 unspecified atom stereocenters. The molecular weight excluding hydrogens is 348 g/mol. The fourth-order valence-corrected chi connectivity index (χ4v) is 10.4. The van der Waals surface area contributed by atoms with E-state index in [4.69, 9.17) is 9.97 Å². The van der Waals surface area contributed by atoms with Crippen LogP contribution in [0.15, 0.2) is 36.7 Å². The number of hydrogen-bond acceptors (Lipinski definition) is 2. The molecule has 2 aromatic rings. The Morgan fingerprint density at radius 3 is 1.04 bits per heavy atom. The van der Waals surface area contributed by atoms with Gasteiger partial charge in [-0.05, 0) is 44.7 Å². The molecule has 2 radical (unpaired) electrons. The average molecular weight is 383 g/mol. The maximum absolute atomic E-state index is 4.75. The van der Waals surface area contributed by atoms with Crippen molar-refractivity contribution in [1.82, 2.24) is 9.97 Å². The summed E-state index contributed by atoms with van der Waals surface area (Å²) in [4.78, 5) is 9.50. The van der Waals surface area contributed by atoms with Crippen molar-refractivity contribution in [3.05, 3.63) is 36.7 Å². The Bertz CT molecular complexity index is 599. The van der Waals surface area contributed by atoms with Gasteiger partial charge in [0, 0.05) is 12.4 Å². The van der Waals surface area contributed by atoms with Gasteiger partial charge in [-0.1, -0.05) is 67.5 Å². The second-order valence-corrected chi connectivity index (χ2v) is 16.0. The van der Waals surface area contributed by atoms with Gasteiger partial charge in [-0.25, -0.2) is 0 Å². The summed E-state index contributed by atoms with van der Waals surface area (Å²) in [6, 6.07) is 8.88. The Labute approximate surface area is 163 Å². The molecule has 0 atom stereocenters. The molecule has 2 heterocycles. The van der Waals surface area contributed by atoms with Crippen LogP contribution in [0.25, 0.3) is 11.4 Å². The Kier molecular flexibility index (Phi) is 7.36. The summed E-state index contributed by atoms with van der Waals surface area (Å²) in [5, 5.41) is 2.87. The van der Waals surface area contributed by atoms with Crippen molar-refractivity contribution in [3.8, 4) is 11.4 Å². The third kappa shape index (κ3) is 4.92. The second-order valence-electron chi connectivity index (χ2n) is 8.39. The monoisotopic (exact) mass is 382 g/mol. The standard InChI is InChI=1S/C22H34N2Si2/c1-15(2)25(16(3)4)19-9-11-21(23-13-19)22-12-10-20(14-24-22)26(17(5)6)18(7)8/h9-18H,1-8H3. The van der Waals surface area contributed by atoms with Gasteiger partial charge in [0.15, 0.2) is 0 Å². The van der Waals surface area contributed by atoms with Crippen LogP contribution in [0.2, 0.25) is 22.2 Å². The lowest BCUT2D eigenvalue weighted by Gasteiger charge is -2.23. The molecule has 0 aromatic carbocycles. The van der Waals surface area contributed by atoms with Crippen molar-refractivity contribution in [2.45, 2.75) is 77.6 Å². The zero-order chi connectivity index (χ0) is 19.4. The van der Waals surface area contributed by atoms with Crippen LogP contribution in [0.3, 0.4) is 0 Å². The van der Waals surface area contributed by atoms with E-state index in [1.54, 1.807) is 0 Å². The Morgan fingerprint density at radius 1 is 0.538 bits per heavy atom. The van der Waals surface area contributed by atoms with Gasteiger partial charge in [-0.3, -0.25) is 9.97 Å². The van der Waals surface area contributed by atoms with Crippen LogP contribution in [0.4, 0.5) is 0 Å². The Morgan fingerprint density at radius 2 is 0.846 bits per heavy atom. The molecule has 2 rings (SSSR count). The first-order valence-electron chi connectivity index (χ1n) is 9.89. The summed E-state index contributed by atoms with van der Waals surface area (Å²) < 4.78 is 0. The Balaban J connectivity index is 2.24. The van der Waals surface area contributed by atoms with E-state index < -0.39 is 17.6 Å². The highest BCUT2D eigenvalue weighted by molar-refractivity contribution is 6.76. The van der Waals surface area contributed by atoms with E-state index in [0.29, 0.717) is 0 Å². The molecule has 0 aliphatic heterocycles. The van der Waals surface area contributed by atoms with Crippen LogP contribution in [-0.2, 0) is 0 Å². The first-order chi connectivity index (χ1) is 12.2. The van der Waals surface area contributed by atoms with Crippen molar-refractivity contribution in [1.29, 1.82) is 0 Å². The van der Waals surface area contributed by atoms with E-state index in [1.165, 1.54) is 10.4 Å². The fourth-order valence-electron chi connectivity index (χ4n) is 4.10. The van der Waals surface area contributed by atoms with Crippen molar-refractivity contribution in [2.75, 3.05) is 0 Å². The highest BCUT2D eigenvalue weighted by Crippen LogP contribution is 2.22. The van der Waals surface area contributed by atoms with E-state index in [2.05, 4.69) is 92.0 Å². The van der Waals surface area contributed by atoms with Gasteiger partial charge in [0.2, 0.25) is 0 Å². The minimum absolute atomic E-state index is 0.570. The van der Waals surface area contributed by atoms with Gasteiger partial charge < -0.3 is 0 Å². The third-order valence-corrected chi connectivity index (χ3v) is 11.8. The van der Waals surface area contributed by atoms with Crippen LogP contribution in [0, 0.1) is 0 Å². The maximum atomic E-state index is 4.75. The molecule has 4 heteroatoms. The summed E-state index contributed by atoms with van der Waals surface area (Å²) in [6.45, 7) is 18.7. The van der Waals surface area contributed by atoms with Gasteiger partial charge in [-0.15, -0.1) is 0 Å². The molecule has 0 amide bonds. The SMILES string of the molecule is CC(C)[Si](c1ccc(-c2ccc([Si](C(C)C)C(C)C)cn2)nc1)C(C)C. The van der Waals surface area contributed by atoms with E-state index >= 15 is 0 Å². The van der Waals surface area contributed by atoms with Gasteiger partial charge in [0.1, 0.15) is 0 Å². The summed E-state index contributed by atoms with van der Waals surface area (Å²) in [5.41, 5.74) is 4.85. The maximum Gasteiger partial charge on any atom is 0.0931 e. The second kappa shape index (κ2) is 9.09. The molecule has 0 aliphatic rings. The quantitative estimate of drug-likeness (QED) is 0.616. The molecule has 0 bridgehead atoms. The molecule has 2 nitrogen and oxygen atoms in total. The van der Waals surface area contributed by atoms with Crippen LogP contribution in [0.1, 0.15) is 55.4 Å². The van der Waals surface area contributed by atoms with Crippen LogP contribution in [-0.4, -0.2) is 27.6 Å². The van der Waals surface area contributed by atoms with Crippen molar-refractivity contribution < 1.29 is 0 Å². The molecular formula is C22H34N2Si2. The highest BCUT2D eigenvalue weighted by Gasteiger charge is 2.23. The molecule has 2 aromatic heterocycles. The lowest BCUT2D eigenvalue weighted by molar-refractivity contribution is 0.950. The van der Waals surface area contributed by atoms with E-state index in [-0.39, 0.29) is 0 Å². The number of pyridine rings is 2. The topological polar surface area (TPSA) is 25.8 Å². The minimum Gasteiger partial charge on any atom is -0.255 e. The normalized spacial score (nSPS) is 12.4. The predicted molar refractivity (Wildman–Crippen MR) is 119 cm³/mol. The first-order valence-corrected chi connectivity index (χ1v) is 13.2. The van der Waals surface area contributed by atoms with E-state index in [9.17, 15) is 0 Å². The molecule has 140 valence electrons. The molecule has 0 aliphatic carbocycles. The largest absolute Gasteiger partial charge is 0.255 e. The zero-order valence-electron chi connectivity index (χ0n) is 17.7. The number of aromatic nitrogens is 2. The summed E-state index contributed by atoms with van der Waals surface area (Å²) >= 11 is 0. The summed E-state index contributed by atoms with van der Waals surface area (Å²) in [6.07, 6.45) is 4.19. The number of hydrogen-bond donors (Lipinski definition) is 0. The van der Waals surface area contributed by atoms with Crippen LogP contribution >= 0.6 is 0 Å². The lowest BCUT2D eigenvalue weighted by Crippen LogP contribution is -2.36. The van der Waals surface area contributed by atoms with Crippen molar-refractivity contribution >= 4 is 28.0 Å². The predicted octanol–water partition coefficient (Wildman–Crippen LogP) is 5.19. The molecule has 0 fully saturated rings.